The summed E-state index contributed by atoms with van der Waals surface area (Å²) in [6.07, 6.45) is 2.13. The molecule has 0 saturated heterocycles. The predicted octanol–water partition coefficient (Wildman–Crippen LogP) is 5.20. The van der Waals surface area contributed by atoms with E-state index in [1.165, 1.54) is 12.8 Å². The van der Waals surface area contributed by atoms with Gasteiger partial charge in [-0.05, 0) is 63.4 Å². The number of hydrogen-bond acceptors (Lipinski definition) is 3. The fourth-order valence-corrected chi connectivity index (χ4v) is 2.59. The van der Waals surface area contributed by atoms with Crippen molar-refractivity contribution in [1.82, 2.24) is 0 Å². The van der Waals surface area contributed by atoms with E-state index in [9.17, 15) is 4.79 Å². The van der Waals surface area contributed by atoms with E-state index in [1.54, 1.807) is 4.90 Å². The van der Waals surface area contributed by atoms with Crippen LogP contribution < -0.4 is 10.2 Å². The molecule has 25 heavy (non-hydrogen) atoms. The quantitative estimate of drug-likeness (QED) is 0.814. The number of nitrogens with zero attached hydrogens (tertiary/aromatic N) is 1. The second kappa shape index (κ2) is 7.18. The third kappa shape index (κ3) is 5.24. The van der Waals surface area contributed by atoms with Crippen LogP contribution in [0.3, 0.4) is 0 Å². The molecule has 0 radical (unpaired) electrons. The van der Waals surface area contributed by atoms with Crippen LogP contribution in [0.5, 0.6) is 0 Å². The number of hydrogen-bond donors (Lipinski definition) is 1. The van der Waals surface area contributed by atoms with E-state index in [1.807, 2.05) is 63.2 Å². The molecular formula is C21H26N2O2. The summed E-state index contributed by atoms with van der Waals surface area (Å²) in [5.41, 5.74) is 2.48. The summed E-state index contributed by atoms with van der Waals surface area (Å²) < 4.78 is 5.60. The van der Waals surface area contributed by atoms with E-state index in [0.717, 1.165) is 16.9 Å². The van der Waals surface area contributed by atoms with E-state index in [4.69, 9.17) is 4.74 Å². The minimum absolute atomic E-state index is 0.334. The Morgan fingerprint density at radius 1 is 1.12 bits per heavy atom. The van der Waals surface area contributed by atoms with Crippen molar-refractivity contribution in [2.45, 2.75) is 51.8 Å². The monoisotopic (exact) mass is 338 g/mol. The van der Waals surface area contributed by atoms with Crippen molar-refractivity contribution in [2.24, 2.45) is 0 Å². The van der Waals surface area contributed by atoms with Gasteiger partial charge in [-0.25, -0.2) is 4.79 Å². The molecule has 3 rings (SSSR count). The number of benzene rings is 2. The van der Waals surface area contributed by atoms with Crippen LogP contribution in [0.2, 0.25) is 0 Å². The lowest BCUT2D eigenvalue weighted by Crippen LogP contribution is -2.36. The SMILES string of the molecule is CC(C)(C)OC(=O)N(Cc1cccc(NC2CC2)c1)c1ccccc1. The lowest BCUT2D eigenvalue weighted by atomic mass is 10.1. The molecule has 4 heteroatoms. The Labute approximate surface area is 149 Å². The van der Waals surface area contributed by atoms with E-state index in [2.05, 4.69) is 17.4 Å². The Hall–Kier alpha value is -2.49. The van der Waals surface area contributed by atoms with Crippen LogP contribution in [0.25, 0.3) is 0 Å². The summed E-state index contributed by atoms with van der Waals surface area (Å²) in [6.45, 7) is 6.12. The normalized spacial score (nSPS) is 14.0. The van der Waals surface area contributed by atoms with Gasteiger partial charge in [0.15, 0.2) is 0 Å². The van der Waals surface area contributed by atoms with Crippen molar-refractivity contribution in [3.63, 3.8) is 0 Å². The predicted molar refractivity (Wildman–Crippen MR) is 102 cm³/mol. The highest BCUT2D eigenvalue weighted by Gasteiger charge is 2.24. The molecule has 0 unspecified atom stereocenters. The summed E-state index contributed by atoms with van der Waals surface area (Å²) in [5, 5.41) is 3.50. The van der Waals surface area contributed by atoms with E-state index >= 15 is 0 Å². The molecule has 132 valence electrons. The molecule has 4 nitrogen and oxygen atoms in total. The standard InChI is InChI=1S/C21H26N2O2/c1-21(2,3)25-20(24)23(19-10-5-4-6-11-19)15-16-8-7-9-18(14-16)22-17-12-13-17/h4-11,14,17,22H,12-13,15H2,1-3H3. The lowest BCUT2D eigenvalue weighted by molar-refractivity contribution is 0.0577. The molecule has 0 atom stereocenters. The highest BCUT2D eigenvalue weighted by Crippen LogP contribution is 2.26. The first-order chi connectivity index (χ1) is 11.9. The Kier molecular flexibility index (Phi) is 4.98. The summed E-state index contributed by atoms with van der Waals surface area (Å²) in [5.74, 6) is 0. The number of nitrogens with one attached hydrogen (secondary N) is 1. The van der Waals surface area contributed by atoms with Gasteiger partial charge in [0.05, 0.1) is 6.54 Å². The number of carbonyl (C=O) groups is 1. The zero-order valence-corrected chi connectivity index (χ0v) is 15.2. The van der Waals surface area contributed by atoms with E-state index in [-0.39, 0.29) is 6.09 Å². The zero-order chi connectivity index (χ0) is 17.9. The van der Waals surface area contributed by atoms with Crippen LogP contribution in [0.15, 0.2) is 54.6 Å². The van der Waals surface area contributed by atoms with Gasteiger partial charge in [0.1, 0.15) is 5.60 Å². The van der Waals surface area contributed by atoms with Gasteiger partial charge in [0.25, 0.3) is 0 Å². The molecule has 0 heterocycles. The van der Waals surface area contributed by atoms with Gasteiger partial charge >= 0.3 is 6.09 Å². The third-order valence-electron chi connectivity index (χ3n) is 3.90. The van der Waals surface area contributed by atoms with Gasteiger partial charge < -0.3 is 10.1 Å². The largest absolute Gasteiger partial charge is 0.443 e. The van der Waals surface area contributed by atoms with Crippen LogP contribution in [-0.2, 0) is 11.3 Å². The number of ether oxygens (including phenoxy) is 1. The van der Waals surface area contributed by atoms with Crippen LogP contribution in [-0.4, -0.2) is 17.7 Å². The van der Waals surface area contributed by atoms with Gasteiger partial charge in [-0.15, -0.1) is 0 Å². The number of para-hydroxylation sites is 1. The summed E-state index contributed by atoms with van der Waals surface area (Å²) in [7, 11) is 0. The van der Waals surface area contributed by atoms with Gasteiger partial charge in [-0.2, -0.15) is 0 Å². The highest BCUT2D eigenvalue weighted by atomic mass is 16.6. The van der Waals surface area contributed by atoms with E-state index < -0.39 is 5.60 Å². The average molecular weight is 338 g/mol. The van der Waals surface area contributed by atoms with Crippen molar-refractivity contribution >= 4 is 17.5 Å². The molecule has 0 bridgehead atoms. The zero-order valence-electron chi connectivity index (χ0n) is 15.2. The maximum absolute atomic E-state index is 12.7. The fourth-order valence-electron chi connectivity index (χ4n) is 2.59. The Morgan fingerprint density at radius 3 is 2.48 bits per heavy atom. The van der Waals surface area contributed by atoms with Crippen LogP contribution in [0.4, 0.5) is 16.2 Å². The van der Waals surface area contributed by atoms with Crippen molar-refractivity contribution < 1.29 is 9.53 Å². The van der Waals surface area contributed by atoms with Crippen molar-refractivity contribution in [3.05, 3.63) is 60.2 Å². The number of carbonyl (C=O) groups excluding carboxylic acids is 1. The average Bonchev–Trinajstić information content (AvgIpc) is 3.36. The molecule has 0 aliphatic heterocycles. The molecule has 1 aliphatic carbocycles. The first-order valence-electron chi connectivity index (χ1n) is 8.82. The third-order valence-corrected chi connectivity index (χ3v) is 3.90. The second-order valence-electron chi connectivity index (χ2n) is 7.52. The van der Waals surface area contributed by atoms with Crippen LogP contribution in [0, 0.1) is 0 Å². The summed E-state index contributed by atoms with van der Waals surface area (Å²) in [6, 6.07) is 18.5. The molecule has 0 spiro atoms. The Morgan fingerprint density at radius 2 is 1.84 bits per heavy atom. The number of amides is 1. The van der Waals surface area contributed by atoms with Crippen molar-refractivity contribution in [3.8, 4) is 0 Å². The second-order valence-corrected chi connectivity index (χ2v) is 7.52. The maximum atomic E-state index is 12.7. The van der Waals surface area contributed by atoms with Crippen LogP contribution in [0.1, 0.15) is 39.2 Å². The molecule has 1 N–H and O–H groups in total. The molecule has 1 amide bonds. The van der Waals surface area contributed by atoms with Gasteiger partial charge in [-0.1, -0.05) is 30.3 Å². The molecular weight excluding hydrogens is 312 g/mol. The van der Waals surface area contributed by atoms with Crippen molar-refractivity contribution in [2.75, 3.05) is 10.2 Å². The minimum atomic E-state index is -0.528. The number of anilines is 2. The smallest absolute Gasteiger partial charge is 0.415 e. The van der Waals surface area contributed by atoms with Crippen LogP contribution >= 0.6 is 0 Å². The van der Waals surface area contributed by atoms with Gasteiger partial charge in [-0.3, -0.25) is 4.90 Å². The molecule has 2 aromatic carbocycles. The van der Waals surface area contributed by atoms with Crippen molar-refractivity contribution in [1.29, 1.82) is 0 Å². The molecule has 1 saturated carbocycles. The lowest BCUT2D eigenvalue weighted by Gasteiger charge is -2.27. The molecule has 2 aromatic rings. The maximum Gasteiger partial charge on any atom is 0.415 e. The molecule has 1 fully saturated rings. The Balaban J connectivity index is 1.80. The minimum Gasteiger partial charge on any atom is -0.443 e. The molecule has 0 aromatic heterocycles. The Bertz CT molecular complexity index is 718. The van der Waals surface area contributed by atoms with Gasteiger partial charge in [0.2, 0.25) is 0 Å². The molecule has 1 aliphatic rings. The topological polar surface area (TPSA) is 41.6 Å². The first-order valence-corrected chi connectivity index (χ1v) is 8.82. The fraction of sp³-hybridized carbons (Fsp3) is 0.381. The first kappa shape index (κ1) is 17.3. The highest BCUT2D eigenvalue weighted by molar-refractivity contribution is 5.87. The van der Waals surface area contributed by atoms with E-state index in [0.29, 0.717) is 12.6 Å². The summed E-state index contributed by atoms with van der Waals surface area (Å²) >= 11 is 0. The summed E-state index contributed by atoms with van der Waals surface area (Å²) in [4.78, 5) is 14.4. The van der Waals surface area contributed by atoms with Gasteiger partial charge in [0, 0.05) is 17.4 Å². The number of rotatable bonds is 5.